The summed E-state index contributed by atoms with van der Waals surface area (Å²) in [6, 6.07) is -0.0255. The summed E-state index contributed by atoms with van der Waals surface area (Å²) in [6.45, 7) is 0.740. The molecule has 2 rings (SSSR count). The van der Waals surface area contributed by atoms with Crippen molar-refractivity contribution in [3.05, 3.63) is 18.0 Å². The third-order valence-corrected chi connectivity index (χ3v) is 4.67. The van der Waals surface area contributed by atoms with Crippen LogP contribution in [0.15, 0.2) is 12.4 Å². The molecule has 0 radical (unpaired) electrons. The molecular formula is C17H28N4O3. The van der Waals surface area contributed by atoms with Crippen molar-refractivity contribution in [1.82, 2.24) is 20.0 Å². The average Bonchev–Trinajstić information content (AvgIpc) is 3.02. The van der Waals surface area contributed by atoms with Crippen LogP contribution in [0, 0.1) is 0 Å². The van der Waals surface area contributed by atoms with E-state index in [1.54, 1.807) is 25.0 Å². The molecule has 1 saturated heterocycles. The van der Waals surface area contributed by atoms with Gasteiger partial charge in [0.2, 0.25) is 11.8 Å². The van der Waals surface area contributed by atoms with Crippen molar-refractivity contribution in [2.45, 2.75) is 50.7 Å². The minimum atomic E-state index is -0.0255. The van der Waals surface area contributed by atoms with Crippen molar-refractivity contribution in [3.8, 4) is 0 Å². The molecule has 1 aromatic rings. The molecule has 7 heteroatoms. The van der Waals surface area contributed by atoms with Crippen LogP contribution in [-0.2, 0) is 27.8 Å². The minimum Gasteiger partial charge on any atom is -0.379 e. The second-order valence-corrected chi connectivity index (χ2v) is 6.30. The first-order valence-corrected chi connectivity index (χ1v) is 8.55. The molecule has 0 bridgehead atoms. The maximum absolute atomic E-state index is 12.7. The highest BCUT2D eigenvalue weighted by Crippen LogP contribution is 2.25. The first kappa shape index (κ1) is 18.4. The smallest absolute Gasteiger partial charge is 0.223 e. The Hall–Kier alpha value is -1.89. The Labute approximate surface area is 143 Å². The summed E-state index contributed by atoms with van der Waals surface area (Å²) in [5.74, 6) is 0.126. The Morgan fingerprint density at radius 3 is 2.83 bits per heavy atom. The Morgan fingerprint density at radius 2 is 2.21 bits per heavy atom. The van der Waals surface area contributed by atoms with Crippen molar-refractivity contribution in [2.24, 2.45) is 7.05 Å². The zero-order valence-electron chi connectivity index (χ0n) is 14.8. The number of rotatable bonds is 7. The van der Waals surface area contributed by atoms with E-state index in [1.807, 2.05) is 18.1 Å². The van der Waals surface area contributed by atoms with Crippen LogP contribution in [0.3, 0.4) is 0 Å². The average molecular weight is 336 g/mol. The van der Waals surface area contributed by atoms with Crippen LogP contribution in [0.1, 0.15) is 37.7 Å². The normalized spacial score (nSPS) is 20.9. The molecule has 2 heterocycles. The van der Waals surface area contributed by atoms with E-state index in [0.29, 0.717) is 25.7 Å². The number of ether oxygens (including phenoxy) is 1. The van der Waals surface area contributed by atoms with Gasteiger partial charge in [0.05, 0.1) is 18.3 Å². The molecule has 2 amide bonds. The van der Waals surface area contributed by atoms with Crippen LogP contribution in [-0.4, -0.2) is 59.3 Å². The third-order valence-electron chi connectivity index (χ3n) is 4.67. The molecule has 0 aliphatic carbocycles. The van der Waals surface area contributed by atoms with E-state index in [2.05, 4.69) is 10.4 Å². The summed E-state index contributed by atoms with van der Waals surface area (Å²) in [7, 11) is 5.18. The molecule has 2 atom stereocenters. The summed E-state index contributed by atoms with van der Waals surface area (Å²) in [6.07, 6.45) is 7.79. The standard InChI is InChI=1S/C17H28N4O3/c1-18-16(22)8-7-14-15(24-3)5-4-10-21(14)17(23)9-6-13-11-19-20(2)12-13/h11-12,14-15H,4-10H2,1-3H3,(H,18,22)/t14-,15-/m0/s1. The van der Waals surface area contributed by atoms with Crippen molar-refractivity contribution >= 4 is 11.8 Å². The summed E-state index contributed by atoms with van der Waals surface area (Å²) in [5, 5.41) is 6.77. The van der Waals surface area contributed by atoms with Crippen molar-refractivity contribution < 1.29 is 14.3 Å². The number of amides is 2. The van der Waals surface area contributed by atoms with E-state index < -0.39 is 0 Å². The molecule has 0 saturated carbocycles. The first-order chi connectivity index (χ1) is 11.5. The lowest BCUT2D eigenvalue weighted by Crippen LogP contribution is -2.52. The highest BCUT2D eigenvalue weighted by atomic mass is 16.5. The van der Waals surface area contributed by atoms with Gasteiger partial charge in [-0.1, -0.05) is 0 Å². The zero-order valence-corrected chi connectivity index (χ0v) is 14.8. The second-order valence-electron chi connectivity index (χ2n) is 6.30. The van der Waals surface area contributed by atoms with Gasteiger partial charge in [0.25, 0.3) is 0 Å². The van der Waals surface area contributed by atoms with Crippen LogP contribution in [0.2, 0.25) is 0 Å². The van der Waals surface area contributed by atoms with Crippen LogP contribution < -0.4 is 5.32 Å². The number of piperidine rings is 1. The monoisotopic (exact) mass is 336 g/mol. The SMILES string of the molecule is CNC(=O)CC[C@H]1[C@@H](OC)CCCN1C(=O)CCc1cnn(C)c1. The summed E-state index contributed by atoms with van der Waals surface area (Å²) in [4.78, 5) is 26.2. The number of methoxy groups -OCH3 is 1. The fourth-order valence-corrected chi connectivity index (χ4v) is 3.35. The Kier molecular flexibility index (Phi) is 6.78. The van der Waals surface area contributed by atoms with Gasteiger partial charge in [0, 0.05) is 46.8 Å². The van der Waals surface area contributed by atoms with Gasteiger partial charge in [0.1, 0.15) is 0 Å². The molecule has 0 unspecified atom stereocenters. The number of aromatic nitrogens is 2. The van der Waals surface area contributed by atoms with Gasteiger partial charge >= 0.3 is 0 Å². The van der Waals surface area contributed by atoms with Crippen LogP contribution in [0.25, 0.3) is 0 Å². The third kappa shape index (κ3) is 4.80. The number of nitrogens with zero attached hydrogens (tertiary/aromatic N) is 3. The van der Waals surface area contributed by atoms with Gasteiger partial charge in [-0.3, -0.25) is 14.3 Å². The molecule has 0 aromatic carbocycles. The lowest BCUT2D eigenvalue weighted by Gasteiger charge is -2.40. The summed E-state index contributed by atoms with van der Waals surface area (Å²) in [5.41, 5.74) is 1.06. The molecule has 1 aromatic heterocycles. The number of likely N-dealkylation sites (tertiary alicyclic amines) is 1. The predicted octanol–water partition coefficient (Wildman–Crippen LogP) is 0.885. The molecular weight excluding hydrogens is 308 g/mol. The van der Waals surface area contributed by atoms with Gasteiger partial charge in [-0.25, -0.2) is 0 Å². The van der Waals surface area contributed by atoms with Crippen molar-refractivity contribution in [2.75, 3.05) is 20.7 Å². The molecule has 24 heavy (non-hydrogen) atoms. The molecule has 0 spiro atoms. The predicted molar refractivity (Wildman–Crippen MR) is 90.4 cm³/mol. The van der Waals surface area contributed by atoms with Crippen LogP contribution in [0.4, 0.5) is 0 Å². The molecule has 1 N–H and O–H groups in total. The molecule has 7 nitrogen and oxygen atoms in total. The summed E-state index contributed by atoms with van der Waals surface area (Å²) < 4.78 is 7.32. The van der Waals surface area contributed by atoms with Gasteiger partial charge in [-0.05, 0) is 31.2 Å². The van der Waals surface area contributed by atoms with E-state index >= 15 is 0 Å². The van der Waals surface area contributed by atoms with E-state index in [9.17, 15) is 9.59 Å². The number of carbonyl (C=O) groups is 2. The maximum Gasteiger partial charge on any atom is 0.223 e. The minimum absolute atomic E-state index is 0.00168. The highest BCUT2D eigenvalue weighted by molar-refractivity contribution is 5.78. The topological polar surface area (TPSA) is 76.5 Å². The quantitative estimate of drug-likeness (QED) is 0.802. The van der Waals surface area contributed by atoms with E-state index in [-0.39, 0.29) is 24.0 Å². The lowest BCUT2D eigenvalue weighted by molar-refractivity contribution is -0.141. The Morgan fingerprint density at radius 1 is 1.42 bits per heavy atom. The number of carbonyl (C=O) groups excluding carboxylic acids is 2. The van der Waals surface area contributed by atoms with Gasteiger partial charge < -0.3 is 15.0 Å². The molecule has 134 valence electrons. The van der Waals surface area contributed by atoms with E-state index in [0.717, 1.165) is 24.9 Å². The number of aryl methyl sites for hydroxylation is 2. The van der Waals surface area contributed by atoms with Crippen molar-refractivity contribution in [3.63, 3.8) is 0 Å². The fraction of sp³-hybridized carbons (Fsp3) is 0.706. The van der Waals surface area contributed by atoms with Crippen LogP contribution >= 0.6 is 0 Å². The number of nitrogens with one attached hydrogen (secondary N) is 1. The molecule has 1 aliphatic rings. The maximum atomic E-state index is 12.7. The van der Waals surface area contributed by atoms with E-state index in [4.69, 9.17) is 4.74 Å². The Bertz CT molecular complexity index is 558. The fourth-order valence-electron chi connectivity index (χ4n) is 3.35. The number of hydrogen-bond acceptors (Lipinski definition) is 4. The van der Waals surface area contributed by atoms with Gasteiger partial charge in [-0.15, -0.1) is 0 Å². The number of hydrogen-bond donors (Lipinski definition) is 1. The zero-order chi connectivity index (χ0) is 17.5. The molecule has 1 fully saturated rings. The highest BCUT2D eigenvalue weighted by Gasteiger charge is 2.34. The van der Waals surface area contributed by atoms with Gasteiger partial charge in [0.15, 0.2) is 0 Å². The van der Waals surface area contributed by atoms with E-state index in [1.165, 1.54) is 0 Å². The Balaban J connectivity index is 1.97. The lowest BCUT2D eigenvalue weighted by atomic mass is 9.94. The molecule has 1 aliphatic heterocycles. The largest absolute Gasteiger partial charge is 0.379 e. The second kappa shape index (κ2) is 8.82. The van der Waals surface area contributed by atoms with Gasteiger partial charge in [-0.2, -0.15) is 5.10 Å². The summed E-state index contributed by atoms with van der Waals surface area (Å²) >= 11 is 0. The van der Waals surface area contributed by atoms with Crippen molar-refractivity contribution in [1.29, 1.82) is 0 Å². The van der Waals surface area contributed by atoms with Crippen LogP contribution in [0.5, 0.6) is 0 Å². The first-order valence-electron chi connectivity index (χ1n) is 8.55.